The fraction of sp³-hybridized carbons (Fsp3) is 0.0714. The van der Waals surface area contributed by atoms with Crippen molar-refractivity contribution in [3.8, 4) is 5.75 Å². The van der Waals surface area contributed by atoms with Crippen molar-refractivity contribution in [1.29, 1.82) is 0 Å². The lowest BCUT2D eigenvalue weighted by atomic mass is 10.2. The molecule has 0 saturated carbocycles. The van der Waals surface area contributed by atoms with Crippen molar-refractivity contribution in [2.24, 2.45) is 5.10 Å². The number of anilines is 1. The molecule has 0 fully saturated rings. The molecule has 92 valence electrons. The minimum atomic E-state index is 0.518. The van der Waals surface area contributed by atoms with Crippen LogP contribution in [0.25, 0.3) is 0 Å². The lowest BCUT2D eigenvalue weighted by molar-refractivity contribution is 0.306. The molecule has 0 unspecified atom stereocenters. The minimum absolute atomic E-state index is 0.518. The number of nitrogens with one attached hydrogen (secondary N) is 1. The Labute approximate surface area is 111 Å². The summed E-state index contributed by atoms with van der Waals surface area (Å²) in [7, 11) is 0. The van der Waals surface area contributed by atoms with Crippen molar-refractivity contribution in [3.05, 3.63) is 59.1 Å². The van der Waals surface area contributed by atoms with Gasteiger partial charge in [-0.25, -0.2) is 0 Å². The summed E-state index contributed by atoms with van der Waals surface area (Å²) >= 11 is 5.81. The molecule has 0 aromatic heterocycles. The van der Waals surface area contributed by atoms with Gasteiger partial charge in [0, 0.05) is 11.7 Å². The van der Waals surface area contributed by atoms with Crippen molar-refractivity contribution < 1.29 is 4.74 Å². The zero-order chi connectivity index (χ0) is 12.8. The molecule has 2 aromatic carbocycles. The van der Waals surface area contributed by atoms with Crippen molar-refractivity contribution >= 4 is 24.0 Å². The van der Waals surface area contributed by atoms with Crippen LogP contribution in [0.15, 0.2) is 53.6 Å². The van der Waals surface area contributed by atoms with Crippen LogP contribution in [0.4, 0.5) is 5.69 Å². The molecule has 0 radical (unpaired) electrons. The van der Waals surface area contributed by atoms with Gasteiger partial charge in [0.1, 0.15) is 12.4 Å². The summed E-state index contributed by atoms with van der Waals surface area (Å²) in [5, 5.41) is 4.31. The molecule has 18 heavy (non-hydrogen) atoms. The second kappa shape index (κ2) is 6.07. The number of halogens is 1. The summed E-state index contributed by atoms with van der Waals surface area (Å²) in [6.45, 7) is 3.88. The molecule has 4 heteroatoms. The lowest BCUT2D eigenvalue weighted by Crippen LogP contribution is -1.95. The van der Waals surface area contributed by atoms with Crippen LogP contribution < -0.4 is 10.2 Å². The van der Waals surface area contributed by atoms with Gasteiger partial charge in [-0.05, 0) is 42.0 Å². The van der Waals surface area contributed by atoms with Crippen molar-refractivity contribution in [2.75, 3.05) is 5.43 Å². The average molecular weight is 261 g/mol. The van der Waals surface area contributed by atoms with Gasteiger partial charge < -0.3 is 4.74 Å². The molecule has 0 bridgehead atoms. The van der Waals surface area contributed by atoms with E-state index in [1.807, 2.05) is 48.5 Å². The van der Waals surface area contributed by atoms with Crippen LogP contribution >= 0.6 is 11.6 Å². The average Bonchev–Trinajstić information content (AvgIpc) is 2.40. The third-order valence-electron chi connectivity index (χ3n) is 2.38. The predicted octanol–water partition coefficient (Wildman–Crippen LogP) is 3.95. The highest BCUT2D eigenvalue weighted by atomic mass is 35.5. The van der Waals surface area contributed by atoms with Crippen LogP contribution in [0.3, 0.4) is 0 Å². The molecule has 3 nitrogen and oxygen atoms in total. The number of nitrogens with zero attached hydrogens (tertiary/aromatic N) is 1. The quantitative estimate of drug-likeness (QED) is 0.652. The van der Waals surface area contributed by atoms with Gasteiger partial charge >= 0.3 is 0 Å². The maximum atomic E-state index is 5.81. The Bertz CT molecular complexity index is 508. The van der Waals surface area contributed by atoms with Crippen molar-refractivity contribution in [2.45, 2.75) is 6.61 Å². The van der Waals surface area contributed by atoms with Gasteiger partial charge in [-0.3, -0.25) is 5.43 Å². The highest BCUT2D eigenvalue weighted by Gasteiger charge is 1.97. The zero-order valence-corrected chi connectivity index (χ0v) is 10.5. The number of benzene rings is 2. The highest BCUT2D eigenvalue weighted by molar-refractivity contribution is 6.30. The molecule has 0 amide bonds. The van der Waals surface area contributed by atoms with Gasteiger partial charge in [-0.15, -0.1) is 0 Å². The van der Waals surface area contributed by atoms with Crippen LogP contribution in [-0.2, 0) is 6.61 Å². The number of ether oxygens (including phenoxy) is 1. The summed E-state index contributed by atoms with van der Waals surface area (Å²) in [6, 6.07) is 15.1. The van der Waals surface area contributed by atoms with Crippen LogP contribution in [0.2, 0.25) is 5.02 Å². The maximum absolute atomic E-state index is 5.81. The fourth-order valence-corrected chi connectivity index (χ4v) is 1.59. The highest BCUT2D eigenvalue weighted by Crippen LogP contribution is 2.17. The molecule has 2 aromatic rings. The lowest BCUT2D eigenvalue weighted by Gasteiger charge is -2.07. The van der Waals surface area contributed by atoms with Gasteiger partial charge in [0.15, 0.2) is 0 Å². The SMILES string of the molecule is C=NNc1ccc(OCc2ccc(Cl)cc2)cc1. The number of hydrazone groups is 1. The van der Waals surface area contributed by atoms with E-state index in [2.05, 4.69) is 17.2 Å². The number of rotatable bonds is 5. The van der Waals surface area contributed by atoms with Gasteiger partial charge in [-0.1, -0.05) is 23.7 Å². The van der Waals surface area contributed by atoms with E-state index in [0.29, 0.717) is 6.61 Å². The zero-order valence-electron chi connectivity index (χ0n) is 9.77. The second-order valence-electron chi connectivity index (χ2n) is 3.71. The summed E-state index contributed by atoms with van der Waals surface area (Å²) < 4.78 is 5.65. The van der Waals surface area contributed by atoms with Gasteiger partial charge in [-0.2, -0.15) is 5.10 Å². The Hall–Kier alpha value is -2.00. The fourth-order valence-electron chi connectivity index (χ4n) is 1.46. The van der Waals surface area contributed by atoms with E-state index in [9.17, 15) is 0 Å². The summed E-state index contributed by atoms with van der Waals surface area (Å²) in [4.78, 5) is 0. The van der Waals surface area contributed by atoms with E-state index in [-0.39, 0.29) is 0 Å². The normalized spacial score (nSPS) is 9.83. The third-order valence-corrected chi connectivity index (χ3v) is 2.63. The minimum Gasteiger partial charge on any atom is -0.489 e. The Balaban J connectivity index is 1.93. The molecule has 0 heterocycles. The van der Waals surface area contributed by atoms with Crippen molar-refractivity contribution in [3.63, 3.8) is 0 Å². The van der Waals surface area contributed by atoms with Gasteiger partial charge in [0.2, 0.25) is 0 Å². The number of hydrogen-bond donors (Lipinski definition) is 1. The molecule has 0 aliphatic rings. The third kappa shape index (κ3) is 3.50. The van der Waals surface area contributed by atoms with Crippen LogP contribution in [0.5, 0.6) is 5.75 Å². The van der Waals surface area contributed by atoms with Crippen LogP contribution in [0.1, 0.15) is 5.56 Å². The van der Waals surface area contributed by atoms with E-state index >= 15 is 0 Å². The Kier molecular flexibility index (Phi) is 4.20. The Morgan fingerprint density at radius 2 is 1.72 bits per heavy atom. The maximum Gasteiger partial charge on any atom is 0.119 e. The Morgan fingerprint density at radius 1 is 1.06 bits per heavy atom. The van der Waals surface area contributed by atoms with E-state index in [1.165, 1.54) is 0 Å². The van der Waals surface area contributed by atoms with E-state index in [0.717, 1.165) is 22.0 Å². The van der Waals surface area contributed by atoms with Crippen LogP contribution in [0, 0.1) is 0 Å². The molecule has 0 saturated heterocycles. The topological polar surface area (TPSA) is 33.6 Å². The first-order valence-electron chi connectivity index (χ1n) is 5.47. The van der Waals surface area contributed by atoms with Crippen LogP contribution in [-0.4, -0.2) is 6.72 Å². The van der Waals surface area contributed by atoms with E-state index < -0.39 is 0 Å². The molecule has 2 rings (SSSR count). The van der Waals surface area contributed by atoms with E-state index in [4.69, 9.17) is 16.3 Å². The standard InChI is InChI=1S/C14H13ClN2O/c1-16-17-13-6-8-14(9-7-13)18-10-11-2-4-12(15)5-3-11/h2-9,17H,1,10H2. The molecule has 0 atom stereocenters. The monoisotopic (exact) mass is 260 g/mol. The first-order valence-corrected chi connectivity index (χ1v) is 5.85. The van der Waals surface area contributed by atoms with Gasteiger partial charge in [0.25, 0.3) is 0 Å². The molecular formula is C14H13ClN2O. The summed E-state index contributed by atoms with van der Waals surface area (Å²) in [5.74, 6) is 0.805. The molecular weight excluding hydrogens is 248 g/mol. The summed E-state index contributed by atoms with van der Waals surface area (Å²) in [5.41, 5.74) is 4.72. The molecule has 0 aliphatic heterocycles. The summed E-state index contributed by atoms with van der Waals surface area (Å²) in [6.07, 6.45) is 0. The first-order chi connectivity index (χ1) is 8.78. The Morgan fingerprint density at radius 3 is 2.33 bits per heavy atom. The van der Waals surface area contributed by atoms with Crippen molar-refractivity contribution in [1.82, 2.24) is 0 Å². The predicted molar refractivity (Wildman–Crippen MR) is 75.4 cm³/mol. The van der Waals surface area contributed by atoms with Gasteiger partial charge in [0.05, 0.1) is 5.69 Å². The second-order valence-corrected chi connectivity index (χ2v) is 4.15. The number of hydrogen-bond acceptors (Lipinski definition) is 3. The first kappa shape index (κ1) is 12.5. The van der Waals surface area contributed by atoms with E-state index in [1.54, 1.807) is 0 Å². The molecule has 0 aliphatic carbocycles. The molecule has 1 N–H and O–H groups in total. The molecule has 0 spiro atoms. The largest absolute Gasteiger partial charge is 0.489 e. The smallest absolute Gasteiger partial charge is 0.119 e.